The van der Waals surface area contributed by atoms with E-state index in [0.717, 1.165) is 32.8 Å². The average Bonchev–Trinajstić information content (AvgIpc) is 2.22. The monoisotopic (exact) mass is 212 g/mol. The standard InChI is InChI=1S/C11H20N2O2/c1-2-11(3-1)10-12-15-9-6-13-4-7-14-8-5-13/h10-11H,1-9H2. The van der Waals surface area contributed by atoms with Crippen molar-refractivity contribution < 1.29 is 9.57 Å². The van der Waals surface area contributed by atoms with Gasteiger partial charge in [-0.25, -0.2) is 0 Å². The van der Waals surface area contributed by atoms with Crippen LogP contribution in [0.25, 0.3) is 0 Å². The van der Waals surface area contributed by atoms with Crippen LogP contribution in [0.1, 0.15) is 19.3 Å². The third kappa shape index (κ3) is 3.80. The summed E-state index contributed by atoms with van der Waals surface area (Å²) in [6.45, 7) is 5.41. The molecule has 0 spiro atoms. The molecule has 0 amide bonds. The van der Waals surface area contributed by atoms with E-state index in [1.54, 1.807) is 0 Å². The Morgan fingerprint density at radius 2 is 2.13 bits per heavy atom. The number of oxime groups is 1. The van der Waals surface area contributed by atoms with Crippen molar-refractivity contribution in [3.63, 3.8) is 0 Å². The Balaban J connectivity index is 1.48. The molecule has 0 N–H and O–H groups in total. The van der Waals surface area contributed by atoms with Crippen LogP contribution in [0.2, 0.25) is 0 Å². The van der Waals surface area contributed by atoms with E-state index >= 15 is 0 Å². The average molecular weight is 212 g/mol. The van der Waals surface area contributed by atoms with Gasteiger partial charge < -0.3 is 9.57 Å². The minimum absolute atomic E-state index is 0.688. The molecule has 0 aromatic carbocycles. The number of hydrogen-bond acceptors (Lipinski definition) is 4. The maximum Gasteiger partial charge on any atom is 0.129 e. The summed E-state index contributed by atoms with van der Waals surface area (Å²) in [4.78, 5) is 7.58. The van der Waals surface area contributed by atoms with Crippen LogP contribution < -0.4 is 0 Å². The predicted octanol–water partition coefficient (Wildman–Crippen LogP) is 1.12. The molecule has 2 fully saturated rings. The highest BCUT2D eigenvalue weighted by atomic mass is 16.6. The molecule has 15 heavy (non-hydrogen) atoms. The molecule has 0 unspecified atom stereocenters. The zero-order valence-corrected chi connectivity index (χ0v) is 9.23. The predicted molar refractivity (Wildman–Crippen MR) is 59.0 cm³/mol. The van der Waals surface area contributed by atoms with E-state index in [-0.39, 0.29) is 0 Å². The van der Waals surface area contributed by atoms with E-state index in [1.165, 1.54) is 19.3 Å². The van der Waals surface area contributed by atoms with Gasteiger partial charge in [-0.1, -0.05) is 11.6 Å². The molecular weight excluding hydrogens is 192 g/mol. The summed E-state index contributed by atoms with van der Waals surface area (Å²) in [7, 11) is 0. The van der Waals surface area contributed by atoms with Crippen LogP contribution in [-0.4, -0.2) is 50.6 Å². The van der Waals surface area contributed by atoms with Crippen molar-refractivity contribution in [3.8, 4) is 0 Å². The summed E-state index contributed by atoms with van der Waals surface area (Å²) < 4.78 is 5.27. The van der Waals surface area contributed by atoms with E-state index in [1.807, 2.05) is 6.21 Å². The van der Waals surface area contributed by atoms with Gasteiger partial charge in [0.15, 0.2) is 0 Å². The summed E-state index contributed by atoms with van der Waals surface area (Å²) in [5, 5.41) is 3.99. The fourth-order valence-corrected chi connectivity index (χ4v) is 1.77. The lowest BCUT2D eigenvalue weighted by Gasteiger charge is -2.25. The lowest BCUT2D eigenvalue weighted by molar-refractivity contribution is 0.0211. The van der Waals surface area contributed by atoms with Gasteiger partial charge in [0.2, 0.25) is 0 Å². The molecule has 0 bridgehead atoms. The second-order valence-electron chi connectivity index (χ2n) is 4.23. The molecule has 2 aliphatic rings. The minimum atomic E-state index is 0.688. The van der Waals surface area contributed by atoms with Gasteiger partial charge in [-0.05, 0) is 18.8 Å². The van der Waals surface area contributed by atoms with Crippen LogP contribution in [0.4, 0.5) is 0 Å². The Labute approximate surface area is 91.2 Å². The van der Waals surface area contributed by atoms with Gasteiger partial charge in [0.1, 0.15) is 6.61 Å². The summed E-state index contributed by atoms with van der Waals surface area (Å²) in [6.07, 6.45) is 5.89. The van der Waals surface area contributed by atoms with E-state index in [0.29, 0.717) is 12.5 Å². The maximum absolute atomic E-state index is 5.27. The van der Waals surface area contributed by atoms with Crippen LogP contribution in [0.15, 0.2) is 5.16 Å². The molecule has 4 nitrogen and oxygen atoms in total. The molecule has 1 saturated carbocycles. The highest BCUT2D eigenvalue weighted by Crippen LogP contribution is 2.23. The number of rotatable bonds is 5. The summed E-state index contributed by atoms with van der Waals surface area (Å²) in [6, 6.07) is 0. The number of nitrogens with zero attached hydrogens (tertiary/aromatic N) is 2. The molecule has 1 saturated heterocycles. The minimum Gasteiger partial charge on any atom is -0.395 e. The quantitative estimate of drug-likeness (QED) is 0.389. The second-order valence-corrected chi connectivity index (χ2v) is 4.23. The third-order valence-corrected chi connectivity index (χ3v) is 3.10. The van der Waals surface area contributed by atoms with Crippen molar-refractivity contribution in [3.05, 3.63) is 0 Å². The van der Waals surface area contributed by atoms with Crippen LogP contribution in [0, 0.1) is 5.92 Å². The summed E-state index contributed by atoms with van der Waals surface area (Å²) >= 11 is 0. The summed E-state index contributed by atoms with van der Waals surface area (Å²) in [5.41, 5.74) is 0. The van der Waals surface area contributed by atoms with Crippen LogP contribution in [-0.2, 0) is 9.57 Å². The van der Waals surface area contributed by atoms with Gasteiger partial charge >= 0.3 is 0 Å². The van der Waals surface area contributed by atoms with Gasteiger partial charge in [-0.15, -0.1) is 0 Å². The Morgan fingerprint density at radius 3 is 2.80 bits per heavy atom. The van der Waals surface area contributed by atoms with Crippen molar-refractivity contribution in [1.29, 1.82) is 0 Å². The molecule has 0 radical (unpaired) electrons. The third-order valence-electron chi connectivity index (χ3n) is 3.10. The first-order valence-electron chi connectivity index (χ1n) is 5.91. The second kappa shape index (κ2) is 6.08. The van der Waals surface area contributed by atoms with Gasteiger partial charge in [0, 0.05) is 25.8 Å². The van der Waals surface area contributed by atoms with Gasteiger partial charge in [0.25, 0.3) is 0 Å². The van der Waals surface area contributed by atoms with Crippen molar-refractivity contribution in [2.75, 3.05) is 39.5 Å². The van der Waals surface area contributed by atoms with Crippen LogP contribution in [0.5, 0.6) is 0 Å². The van der Waals surface area contributed by atoms with Crippen molar-refractivity contribution in [2.24, 2.45) is 11.1 Å². The first kappa shape index (κ1) is 10.9. The number of hydrogen-bond donors (Lipinski definition) is 0. The maximum atomic E-state index is 5.27. The first-order chi connectivity index (χ1) is 7.45. The van der Waals surface area contributed by atoms with Gasteiger partial charge in [-0.3, -0.25) is 4.90 Å². The fraction of sp³-hybridized carbons (Fsp3) is 0.909. The van der Waals surface area contributed by atoms with Crippen LogP contribution in [0.3, 0.4) is 0 Å². The summed E-state index contributed by atoms with van der Waals surface area (Å²) in [5.74, 6) is 0.688. The van der Waals surface area contributed by atoms with Crippen molar-refractivity contribution >= 4 is 6.21 Å². The normalized spacial score (nSPS) is 24.3. The molecule has 0 aromatic rings. The largest absolute Gasteiger partial charge is 0.395 e. The molecule has 86 valence electrons. The molecule has 0 aromatic heterocycles. The Morgan fingerprint density at radius 1 is 1.33 bits per heavy atom. The van der Waals surface area contributed by atoms with Gasteiger partial charge in [0.05, 0.1) is 13.2 Å². The van der Waals surface area contributed by atoms with E-state index in [4.69, 9.17) is 9.57 Å². The number of morpholine rings is 1. The lowest BCUT2D eigenvalue weighted by atomic mass is 9.87. The smallest absolute Gasteiger partial charge is 0.129 e. The van der Waals surface area contributed by atoms with E-state index < -0.39 is 0 Å². The molecule has 0 atom stereocenters. The van der Waals surface area contributed by atoms with E-state index in [2.05, 4.69) is 10.1 Å². The SMILES string of the molecule is C(=NOCCN1CCOCC1)C1CCC1. The van der Waals surface area contributed by atoms with Gasteiger partial charge in [-0.2, -0.15) is 0 Å². The van der Waals surface area contributed by atoms with Crippen molar-refractivity contribution in [1.82, 2.24) is 4.90 Å². The number of ether oxygens (including phenoxy) is 1. The molecule has 4 heteroatoms. The topological polar surface area (TPSA) is 34.1 Å². The Kier molecular flexibility index (Phi) is 4.41. The molecule has 1 aliphatic carbocycles. The van der Waals surface area contributed by atoms with E-state index in [9.17, 15) is 0 Å². The fourth-order valence-electron chi connectivity index (χ4n) is 1.77. The Hall–Kier alpha value is -0.610. The van der Waals surface area contributed by atoms with Crippen LogP contribution >= 0.6 is 0 Å². The Bertz CT molecular complexity index is 199. The zero-order valence-electron chi connectivity index (χ0n) is 9.23. The molecular formula is C11H20N2O2. The highest BCUT2D eigenvalue weighted by Gasteiger charge is 2.14. The molecule has 1 aliphatic heterocycles. The zero-order chi connectivity index (χ0) is 10.3. The van der Waals surface area contributed by atoms with Crippen molar-refractivity contribution in [2.45, 2.75) is 19.3 Å². The molecule has 2 rings (SSSR count). The highest BCUT2D eigenvalue weighted by molar-refractivity contribution is 5.60. The lowest BCUT2D eigenvalue weighted by Crippen LogP contribution is -2.38. The molecule has 1 heterocycles. The first-order valence-corrected chi connectivity index (χ1v) is 5.91.